The minimum Gasteiger partial charge on any atom is -0.504 e. The smallest absolute Gasteiger partial charge is 0.446 e. The molecule has 1 aromatic rings. The Kier molecular flexibility index (Phi) is 5.32. The molecule has 4 N–H and O–H groups in total. The summed E-state index contributed by atoms with van der Waals surface area (Å²) in [5, 5.41) is 31.0. The zero-order chi connectivity index (χ0) is 21.8. The number of fused-ring (bicyclic) bond motifs is 1. The van der Waals surface area contributed by atoms with Gasteiger partial charge in [-0.1, -0.05) is 38.8 Å². The SMILES string of the molecule is CC1=CCC2C(C)(C)CCC[C@]2(C)C1Cc1c(O)c(O)cc(OS(=O)(=O)O)c1O. The molecule has 0 radical (unpaired) electrons. The number of hydrogen-bond donors (Lipinski definition) is 4. The third-order valence-electron chi connectivity index (χ3n) is 7.22. The molecule has 1 aromatic carbocycles. The first-order valence-corrected chi connectivity index (χ1v) is 11.2. The van der Waals surface area contributed by atoms with Crippen LogP contribution in [0.5, 0.6) is 23.0 Å². The second-order valence-electron chi connectivity index (χ2n) is 9.42. The van der Waals surface area contributed by atoms with Crippen molar-refractivity contribution < 1.29 is 32.5 Å². The van der Waals surface area contributed by atoms with Gasteiger partial charge in [-0.2, -0.15) is 8.42 Å². The zero-order valence-corrected chi connectivity index (χ0v) is 18.1. The molecule has 0 heterocycles. The van der Waals surface area contributed by atoms with Crippen LogP contribution in [-0.4, -0.2) is 28.3 Å². The van der Waals surface area contributed by atoms with E-state index in [0.717, 1.165) is 37.3 Å². The third-order valence-corrected chi connectivity index (χ3v) is 7.61. The van der Waals surface area contributed by atoms with E-state index in [4.69, 9.17) is 4.55 Å². The van der Waals surface area contributed by atoms with Gasteiger partial charge in [-0.3, -0.25) is 4.55 Å². The summed E-state index contributed by atoms with van der Waals surface area (Å²) in [4.78, 5) is 0. The molecule has 0 spiro atoms. The summed E-state index contributed by atoms with van der Waals surface area (Å²) in [5.74, 6) is -1.96. The first kappa shape index (κ1) is 21.8. The first-order valence-electron chi connectivity index (χ1n) is 9.86. The normalized spacial score (nSPS) is 29.1. The maximum absolute atomic E-state index is 11.1. The Morgan fingerprint density at radius 1 is 1.14 bits per heavy atom. The molecular formula is C21H30O7S. The fourth-order valence-corrected chi connectivity index (χ4v) is 6.14. The minimum absolute atomic E-state index is 0.00616. The van der Waals surface area contributed by atoms with Gasteiger partial charge in [-0.25, -0.2) is 0 Å². The van der Waals surface area contributed by atoms with E-state index in [-0.39, 0.29) is 28.7 Å². The molecule has 0 bridgehead atoms. The molecule has 3 rings (SSSR count). The molecule has 29 heavy (non-hydrogen) atoms. The summed E-state index contributed by atoms with van der Waals surface area (Å²) in [6, 6.07) is 0.764. The van der Waals surface area contributed by atoms with Gasteiger partial charge in [0.2, 0.25) is 0 Å². The lowest BCUT2D eigenvalue weighted by Gasteiger charge is -2.57. The fourth-order valence-electron chi connectivity index (χ4n) is 5.78. The van der Waals surface area contributed by atoms with Gasteiger partial charge in [-0.15, -0.1) is 0 Å². The Bertz CT molecular complexity index is 948. The van der Waals surface area contributed by atoms with Crippen LogP contribution in [0.2, 0.25) is 0 Å². The summed E-state index contributed by atoms with van der Waals surface area (Å²) in [6.07, 6.45) is 6.61. The molecule has 0 amide bonds. The van der Waals surface area contributed by atoms with Gasteiger partial charge >= 0.3 is 10.4 Å². The second-order valence-corrected chi connectivity index (χ2v) is 10.4. The first-order chi connectivity index (χ1) is 13.3. The van der Waals surface area contributed by atoms with E-state index in [2.05, 4.69) is 31.0 Å². The van der Waals surface area contributed by atoms with E-state index in [1.54, 1.807) is 0 Å². The van der Waals surface area contributed by atoms with E-state index < -0.39 is 33.4 Å². The minimum atomic E-state index is -4.90. The maximum atomic E-state index is 11.1. The molecule has 1 fully saturated rings. The Hall–Kier alpha value is -1.93. The van der Waals surface area contributed by atoms with Crippen LogP contribution in [0.4, 0.5) is 0 Å². The van der Waals surface area contributed by atoms with Crippen molar-refractivity contribution in [1.82, 2.24) is 0 Å². The summed E-state index contributed by atoms with van der Waals surface area (Å²) in [5.41, 5.74) is 1.23. The van der Waals surface area contributed by atoms with Gasteiger partial charge in [0.05, 0.1) is 0 Å². The lowest BCUT2D eigenvalue weighted by atomic mass is 9.48. The highest BCUT2D eigenvalue weighted by molar-refractivity contribution is 7.81. The lowest BCUT2D eigenvalue weighted by molar-refractivity contribution is -0.0370. The monoisotopic (exact) mass is 426 g/mol. The lowest BCUT2D eigenvalue weighted by Crippen LogP contribution is -2.49. The van der Waals surface area contributed by atoms with Crippen molar-refractivity contribution in [2.45, 2.75) is 59.8 Å². The zero-order valence-electron chi connectivity index (χ0n) is 17.3. The Labute approximate surface area is 172 Å². The number of hydrogen-bond acceptors (Lipinski definition) is 6. The van der Waals surface area contributed by atoms with Crippen LogP contribution in [0.25, 0.3) is 0 Å². The predicted molar refractivity (Wildman–Crippen MR) is 108 cm³/mol. The molecular weight excluding hydrogens is 396 g/mol. The molecule has 7 nitrogen and oxygen atoms in total. The number of benzene rings is 1. The van der Waals surface area contributed by atoms with E-state index in [9.17, 15) is 23.7 Å². The third kappa shape index (κ3) is 3.92. The van der Waals surface area contributed by atoms with Crippen LogP contribution in [0.15, 0.2) is 17.7 Å². The van der Waals surface area contributed by atoms with Crippen LogP contribution >= 0.6 is 0 Å². The predicted octanol–water partition coefficient (Wildman–Crippen LogP) is 4.33. The van der Waals surface area contributed by atoms with Crippen molar-refractivity contribution in [3.63, 3.8) is 0 Å². The molecule has 2 aliphatic rings. The average molecular weight is 427 g/mol. The highest BCUT2D eigenvalue weighted by Crippen LogP contribution is 2.61. The summed E-state index contributed by atoms with van der Waals surface area (Å²) >= 11 is 0. The van der Waals surface area contributed by atoms with E-state index in [1.807, 2.05) is 6.92 Å². The average Bonchev–Trinajstić information content (AvgIpc) is 2.56. The highest BCUT2D eigenvalue weighted by atomic mass is 32.3. The van der Waals surface area contributed by atoms with Crippen LogP contribution in [0.1, 0.15) is 58.9 Å². The van der Waals surface area contributed by atoms with Crippen LogP contribution in [0, 0.1) is 22.7 Å². The van der Waals surface area contributed by atoms with Gasteiger partial charge < -0.3 is 19.5 Å². The number of allylic oxidation sites excluding steroid dienone is 2. The van der Waals surface area contributed by atoms with Gasteiger partial charge in [0.15, 0.2) is 23.0 Å². The topological polar surface area (TPSA) is 124 Å². The van der Waals surface area contributed by atoms with E-state index in [1.165, 1.54) is 0 Å². The molecule has 8 heteroatoms. The van der Waals surface area contributed by atoms with Crippen molar-refractivity contribution in [3.8, 4) is 23.0 Å². The molecule has 0 aromatic heterocycles. The van der Waals surface area contributed by atoms with Gasteiger partial charge in [0.25, 0.3) is 0 Å². The number of phenolic OH excluding ortho intramolecular Hbond substituents is 3. The second kappa shape index (κ2) is 7.09. The van der Waals surface area contributed by atoms with Crippen LogP contribution in [0.3, 0.4) is 0 Å². The summed E-state index contributed by atoms with van der Waals surface area (Å²) in [6.45, 7) is 8.83. The Balaban J connectivity index is 2.06. The van der Waals surface area contributed by atoms with Crippen LogP contribution < -0.4 is 4.18 Å². The highest BCUT2D eigenvalue weighted by Gasteiger charge is 2.52. The van der Waals surface area contributed by atoms with Crippen molar-refractivity contribution in [2.75, 3.05) is 0 Å². The van der Waals surface area contributed by atoms with Gasteiger partial charge in [0, 0.05) is 11.6 Å². The summed E-state index contributed by atoms with van der Waals surface area (Å²) < 4.78 is 35.5. The van der Waals surface area contributed by atoms with Crippen LogP contribution in [-0.2, 0) is 16.8 Å². The molecule has 0 saturated heterocycles. The number of phenols is 3. The quantitative estimate of drug-likeness (QED) is 0.244. The van der Waals surface area contributed by atoms with Crippen molar-refractivity contribution >= 4 is 10.4 Å². The Morgan fingerprint density at radius 3 is 2.41 bits per heavy atom. The van der Waals surface area contributed by atoms with Gasteiger partial charge in [0.1, 0.15) is 0 Å². The van der Waals surface area contributed by atoms with Crippen molar-refractivity contribution in [1.29, 1.82) is 0 Å². The standard InChI is InChI=1S/C21H30O7S/c1-12-6-7-17-20(2,3)8-5-9-21(17,4)14(12)10-13-18(23)15(22)11-16(19(13)24)28-29(25,26)27/h6,11,14,17,22-24H,5,7-10H2,1-4H3,(H,25,26,27)/t14?,17?,21-/m1/s1. The fraction of sp³-hybridized carbons (Fsp3) is 0.619. The molecule has 1 saturated carbocycles. The van der Waals surface area contributed by atoms with E-state index >= 15 is 0 Å². The molecule has 0 aliphatic heterocycles. The molecule has 3 atom stereocenters. The maximum Gasteiger partial charge on any atom is 0.446 e. The number of aromatic hydroxyl groups is 3. The van der Waals surface area contributed by atoms with E-state index in [0.29, 0.717) is 5.92 Å². The Morgan fingerprint density at radius 2 is 1.79 bits per heavy atom. The molecule has 2 unspecified atom stereocenters. The largest absolute Gasteiger partial charge is 0.504 e. The van der Waals surface area contributed by atoms with Crippen molar-refractivity contribution in [3.05, 3.63) is 23.3 Å². The molecule has 2 aliphatic carbocycles. The summed E-state index contributed by atoms with van der Waals surface area (Å²) in [7, 11) is -4.90. The van der Waals surface area contributed by atoms with Crippen molar-refractivity contribution in [2.24, 2.45) is 22.7 Å². The molecule has 162 valence electrons. The number of rotatable bonds is 4. The van der Waals surface area contributed by atoms with Gasteiger partial charge in [-0.05, 0) is 55.3 Å².